The van der Waals surface area contributed by atoms with Gasteiger partial charge in [-0.2, -0.15) is 0 Å². The SMILES string of the molecule is [2H]C([2H])(O)C([2H])([2H])C([2H])([2H])C(=O)O.[Na]. The Hall–Kier alpha value is 0.430. The minimum absolute atomic E-state index is 0. The molecule has 0 fully saturated rings. The number of hydrogen-bond acceptors (Lipinski definition) is 2. The van der Waals surface area contributed by atoms with Gasteiger partial charge in [0.15, 0.2) is 0 Å². The monoisotopic (exact) mass is 133 g/mol. The van der Waals surface area contributed by atoms with Gasteiger partial charge in [0, 0.05) is 48.0 Å². The zero-order valence-corrected chi connectivity index (χ0v) is 6.30. The van der Waals surface area contributed by atoms with E-state index >= 15 is 0 Å². The first kappa shape index (κ1) is 3.01. The van der Waals surface area contributed by atoms with Gasteiger partial charge in [-0.05, 0) is 6.37 Å². The van der Waals surface area contributed by atoms with E-state index in [2.05, 4.69) is 0 Å². The summed E-state index contributed by atoms with van der Waals surface area (Å²) in [5.41, 5.74) is 0. The molecule has 0 heterocycles. The second kappa shape index (κ2) is 7.43. The van der Waals surface area contributed by atoms with Gasteiger partial charge in [-0.15, -0.1) is 0 Å². The van der Waals surface area contributed by atoms with Gasteiger partial charge in [-0.25, -0.2) is 0 Å². The van der Waals surface area contributed by atoms with Crippen molar-refractivity contribution in [3.63, 3.8) is 0 Å². The molecule has 8 heavy (non-hydrogen) atoms. The number of rotatable bonds is 3. The first-order valence-corrected chi connectivity index (χ1v) is 1.40. The summed E-state index contributed by atoms with van der Waals surface area (Å²) in [4.78, 5) is 10.2. The summed E-state index contributed by atoms with van der Waals surface area (Å²) < 4.78 is 40.1. The largest absolute Gasteiger partial charge is 0.481 e. The number of carboxylic acid groups (broad SMARTS) is 1. The van der Waals surface area contributed by atoms with Gasteiger partial charge in [0.1, 0.15) is 0 Å². The van der Waals surface area contributed by atoms with Crippen LogP contribution in [0.3, 0.4) is 0 Å². The summed E-state index contributed by atoms with van der Waals surface area (Å²) in [5, 5.41) is 16.8. The Morgan fingerprint density at radius 2 is 2.25 bits per heavy atom. The molecule has 0 rings (SSSR count). The zero-order chi connectivity index (χ0) is 11.1. The Morgan fingerprint density at radius 1 is 1.75 bits per heavy atom. The summed E-state index contributed by atoms with van der Waals surface area (Å²) >= 11 is 0. The molecule has 0 amide bonds. The van der Waals surface area contributed by atoms with E-state index in [9.17, 15) is 4.79 Å². The molecule has 2 N–H and O–H groups in total. The summed E-state index contributed by atoms with van der Waals surface area (Å²) in [6.45, 7) is -3.56. The molecular formula is C4H8NaO3. The Morgan fingerprint density at radius 3 is 2.38 bits per heavy atom. The average molecular weight is 133 g/mol. The molecule has 0 bridgehead atoms. The van der Waals surface area contributed by atoms with E-state index < -0.39 is 25.3 Å². The van der Waals surface area contributed by atoms with Crippen LogP contribution >= 0.6 is 0 Å². The van der Waals surface area contributed by atoms with Crippen molar-refractivity contribution in [3.05, 3.63) is 0 Å². The van der Waals surface area contributed by atoms with Crippen molar-refractivity contribution in [2.45, 2.75) is 12.7 Å². The van der Waals surface area contributed by atoms with Crippen molar-refractivity contribution in [3.8, 4) is 0 Å². The van der Waals surface area contributed by atoms with Gasteiger partial charge in [-0.1, -0.05) is 0 Å². The summed E-state index contributed by atoms with van der Waals surface area (Å²) in [6.07, 6.45) is -7.02. The molecule has 0 saturated heterocycles. The number of aliphatic carboxylic acids is 1. The molecule has 43 valence electrons. The maximum atomic E-state index is 10.2. The van der Waals surface area contributed by atoms with E-state index in [0.29, 0.717) is 0 Å². The first-order valence-electron chi connectivity index (χ1n) is 4.40. The predicted molar refractivity (Wildman–Crippen MR) is 29.7 cm³/mol. The second-order valence-corrected chi connectivity index (χ2v) is 0.667. The molecule has 0 spiro atoms. The third-order valence-electron chi connectivity index (χ3n) is 0.225. The zero-order valence-electron chi connectivity index (χ0n) is 10.3. The Bertz CT molecular complexity index is 224. The van der Waals surface area contributed by atoms with Crippen molar-refractivity contribution < 1.29 is 23.2 Å². The third-order valence-corrected chi connectivity index (χ3v) is 0.225. The van der Waals surface area contributed by atoms with Crippen LogP contribution in [0.4, 0.5) is 0 Å². The van der Waals surface area contributed by atoms with E-state index in [1.165, 1.54) is 0 Å². The minimum atomic E-state index is -3.56. The van der Waals surface area contributed by atoms with E-state index in [1.807, 2.05) is 0 Å². The number of aliphatic hydroxyl groups is 1. The van der Waals surface area contributed by atoms with E-state index in [0.717, 1.165) is 0 Å². The molecule has 0 saturated carbocycles. The van der Waals surface area contributed by atoms with E-state index in [1.54, 1.807) is 0 Å². The van der Waals surface area contributed by atoms with Crippen LogP contribution in [0, 0.1) is 0 Å². The third kappa shape index (κ3) is 9.66. The van der Waals surface area contributed by atoms with Crippen molar-refractivity contribution >= 4 is 35.5 Å². The summed E-state index contributed by atoms with van der Waals surface area (Å²) in [6, 6.07) is 0. The van der Waals surface area contributed by atoms with E-state index in [4.69, 9.17) is 18.4 Å². The number of carbonyl (C=O) groups is 1. The van der Waals surface area contributed by atoms with Crippen LogP contribution < -0.4 is 0 Å². The topological polar surface area (TPSA) is 57.5 Å². The molecule has 0 atom stereocenters. The molecule has 0 aromatic carbocycles. The Kier molecular flexibility index (Phi) is 2.80. The van der Waals surface area contributed by atoms with Crippen molar-refractivity contribution in [1.29, 1.82) is 0 Å². The number of carboxylic acids is 1. The maximum Gasteiger partial charge on any atom is 0.303 e. The first-order chi connectivity index (χ1) is 5.44. The van der Waals surface area contributed by atoms with Crippen LogP contribution in [0.2, 0.25) is 0 Å². The molecule has 4 heteroatoms. The maximum absolute atomic E-state index is 10.2. The summed E-state index contributed by atoms with van der Waals surface area (Å²) in [5.74, 6) is -2.17. The Balaban J connectivity index is 0. The second-order valence-electron chi connectivity index (χ2n) is 0.667. The quantitative estimate of drug-likeness (QED) is 0.508. The molecule has 0 aromatic heterocycles. The molecular weight excluding hydrogens is 119 g/mol. The van der Waals surface area contributed by atoms with Crippen molar-refractivity contribution in [1.82, 2.24) is 0 Å². The molecule has 0 aliphatic heterocycles. The van der Waals surface area contributed by atoms with Crippen LogP contribution in [0.15, 0.2) is 0 Å². The molecule has 0 aliphatic rings. The van der Waals surface area contributed by atoms with Gasteiger partial charge < -0.3 is 10.2 Å². The molecule has 0 aliphatic carbocycles. The normalized spacial score (nSPS) is 24.1. The van der Waals surface area contributed by atoms with E-state index in [-0.39, 0.29) is 29.6 Å². The molecule has 3 nitrogen and oxygen atoms in total. The van der Waals surface area contributed by atoms with Gasteiger partial charge in [-0.3, -0.25) is 4.79 Å². The van der Waals surface area contributed by atoms with Crippen LogP contribution in [0.25, 0.3) is 0 Å². The fourth-order valence-corrected chi connectivity index (χ4v) is 0.0814. The average Bonchev–Trinajstić information content (AvgIpc) is 1.84. The van der Waals surface area contributed by atoms with Crippen LogP contribution in [0.1, 0.15) is 21.0 Å². The van der Waals surface area contributed by atoms with Crippen molar-refractivity contribution in [2.24, 2.45) is 0 Å². The minimum Gasteiger partial charge on any atom is -0.481 e. The fraction of sp³-hybridized carbons (Fsp3) is 0.750. The number of hydrogen-bond donors (Lipinski definition) is 2. The van der Waals surface area contributed by atoms with Gasteiger partial charge in [0.05, 0.1) is 2.74 Å². The Labute approximate surface area is 78.4 Å². The van der Waals surface area contributed by atoms with Crippen LogP contribution in [0.5, 0.6) is 0 Å². The molecule has 0 aromatic rings. The predicted octanol–water partition coefficient (Wildman–Crippen LogP) is -0.537. The van der Waals surface area contributed by atoms with Crippen molar-refractivity contribution in [2.75, 3.05) is 6.56 Å². The van der Waals surface area contributed by atoms with Crippen LogP contribution in [-0.4, -0.2) is 52.3 Å². The smallest absolute Gasteiger partial charge is 0.303 e. The van der Waals surface area contributed by atoms with Crippen LogP contribution in [-0.2, 0) is 4.79 Å². The van der Waals surface area contributed by atoms with Gasteiger partial charge in [0.2, 0.25) is 0 Å². The molecule has 1 radical (unpaired) electrons. The molecule has 0 unspecified atom stereocenters. The van der Waals surface area contributed by atoms with Gasteiger partial charge >= 0.3 is 5.97 Å². The summed E-state index contributed by atoms with van der Waals surface area (Å²) in [7, 11) is 0. The fourth-order valence-electron chi connectivity index (χ4n) is 0.0814. The van der Waals surface area contributed by atoms with Gasteiger partial charge in [0.25, 0.3) is 0 Å². The standard InChI is InChI=1S/C4H8O3.Na/c5-3-1-2-4(6)7;/h5H,1-3H2,(H,6,7);/i1D2,2D2,3D2;.